The van der Waals surface area contributed by atoms with Crippen molar-refractivity contribution in [2.24, 2.45) is 0 Å². The first kappa shape index (κ1) is 18.3. The molecule has 6 heteroatoms. The second-order valence-electron chi connectivity index (χ2n) is 7.40. The largest absolute Gasteiger partial charge is 0.490 e. The Labute approximate surface area is 164 Å². The van der Waals surface area contributed by atoms with Crippen molar-refractivity contribution >= 4 is 22.8 Å². The number of ether oxygens (including phenoxy) is 1. The predicted molar refractivity (Wildman–Crippen MR) is 109 cm³/mol. The summed E-state index contributed by atoms with van der Waals surface area (Å²) in [5.41, 5.74) is 4.67. The molecule has 0 saturated carbocycles. The SMILES string of the molecule is Cc1nc2ccc(NC(=O)N3CCC(Oc4ccc(C)c(C)c4)CC3)cc2o1. The monoisotopic (exact) mass is 379 g/mol. The van der Waals surface area contributed by atoms with Crippen LogP contribution in [0.25, 0.3) is 11.1 Å². The van der Waals surface area contributed by atoms with Gasteiger partial charge in [-0.2, -0.15) is 0 Å². The Morgan fingerprint density at radius 3 is 2.64 bits per heavy atom. The van der Waals surface area contributed by atoms with Crippen LogP contribution in [0.4, 0.5) is 10.5 Å². The highest BCUT2D eigenvalue weighted by Crippen LogP contribution is 2.23. The minimum absolute atomic E-state index is 0.0970. The van der Waals surface area contributed by atoms with E-state index < -0.39 is 0 Å². The van der Waals surface area contributed by atoms with Gasteiger partial charge in [0.15, 0.2) is 11.5 Å². The van der Waals surface area contributed by atoms with Crippen molar-refractivity contribution in [1.82, 2.24) is 9.88 Å². The van der Waals surface area contributed by atoms with Crippen LogP contribution in [0, 0.1) is 20.8 Å². The zero-order valence-electron chi connectivity index (χ0n) is 16.5. The molecule has 2 amide bonds. The standard InChI is InChI=1S/C22H25N3O3/c1-14-4-6-19(12-15(14)2)28-18-8-10-25(11-9-18)22(26)24-17-5-7-20-21(13-17)27-16(3)23-20/h4-7,12-13,18H,8-11H2,1-3H3,(H,24,26). The van der Waals surface area contributed by atoms with Crippen LogP contribution < -0.4 is 10.1 Å². The van der Waals surface area contributed by atoms with Crippen LogP contribution in [0.1, 0.15) is 29.9 Å². The van der Waals surface area contributed by atoms with Crippen molar-refractivity contribution in [2.75, 3.05) is 18.4 Å². The van der Waals surface area contributed by atoms with Gasteiger partial charge in [-0.05, 0) is 49.2 Å². The summed E-state index contributed by atoms with van der Waals surface area (Å²) in [7, 11) is 0. The number of amides is 2. The maximum atomic E-state index is 12.6. The average molecular weight is 379 g/mol. The van der Waals surface area contributed by atoms with E-state index in [0.717, 1.165) is 24.1 Å². The molecule has 28 heavy (non-hydrogen) atoms. The number of piperidine rings is 1. The average Bonchev–Trinajstić information content (AvgIpc) is 3.04. The van der Waals surface area contributed by atoms with E-state index in [4.69, 9.17) is 9.15 Å². The molecule has 146 valence electrons. The van der Waals surface area contributed by atoms with Gasteiger partial charge in [0.1, 0.15) is 17.4 Å². The number of benzene rings is 2. The lowest BCUT2D eigenvalue weighted by molar-refractivity contribution is 0.115. The predicted octanol–water partition coefficient (Wildman–Crippen LogP) is 4.83. The molecule has 6 nitrogen and oxygen atoms in total. The number of hydrogen-bond donors (Lipinski definition) is 1. The molecule has 2 aromatic carbocycles. The number of likely N-dealkylation sites (tertiary alicyclic amines) is 1. The smallest absolute Gasteiger partial charge is 0.321 e. The Morgan fingerprint density at radius 1 is 1.11 bits per heavy atom. The maximum Gasteiger partial charge on any atom is 0.321 e. The molecule has 1 aliphatic rings. The van der Waals surface area contributed by atoms with Crippen molar-refractivity contribution < 1.29 is 13.9 Å². The van der Waals surface area contributed by atoms with Crippen molar-refractivity contribution in [3.8, 4) is 5.75 Å². The number of rotatable bonds is 3. The number of anilines is 1. The number of aryl methyl sites for hydroxylation is 3. The zero-order valence-corrected chi connectivity index (χ0v) is 16.5. The van der Waals surface area contributed by atoms with Gasteiger partial charge in [-0.25, -0.2) is 9.78 Å². The lowest BCUT2D eigenvalue weighted by Gasteiger charge is -2.32. The summed E-state index contributed by atoms with van der Waals surface area (Å²) in [4.78, 5) is 18.7. The minimum atomic E-state index is -0.0970. The van der Waals surface area contributed by atoms with Crippen LogP contribution in [0.3, 0.4) is 0 Å². The highest BCUT2D eigenvalue weighted by atomic mass is 16.5. The molecule has 0 aliphatic carbocycles. The first-order valence-corrected chi connectivity index (χ1v) is 9.65. The van der Waals surface area contributed by atoms with Crippen molar-refractivity contribution in [1.29, 1.82) is 0 Å². The number of carbonyl (C=O) groups is 1. The fraction of sp³-hybridized carbons (Fsp3) is 0.364. The lowest BCUT2D eigenvalue weighted by atomic mass is 10.1. The molecule has 0 bridgehead atoms. The third-order valence-corrected chi connectivity index (χ3v) is 5.26. The fourth-order valence-electron chi connectivity index (χ4n) is 3.48. The van der Waals surface area contributed by atoms with Crippen LogP contribution in [0.2, 0.25) is 0 Å². The van der Waals surface area contributed by atoms with Crippen LogP contribution in [-0.2, 0) is 0 Å². The molecule has 0 atom stereocenters. The van der Waals surface area contributed by atoms with Gasteiger partial charge in [-0.3, -0.25) is 0 Å². The molecule has 1 aromatic heterocycles. The first-order chi connectivity index (χ1) is 13.5. The lowest BCUT2D eigenvalue weighted by Crippen LogP contribution is -2.43. The highest BCUT2D eigenvalue weighted by molar-refractivity contribution is 5.91. The van der Waals surface area contributed by atoms with Crippen LogP contribution in [0.15, 0.2) is 40.8 Å². The molecule has 0 unspecified atom stereocenters. The normalized spacial score (nSPS) is 15.0. The summed E-state index contributed by atoms with van der Waals surface area (Å²) >= 11 is 0. The Balaban J connectivity index is 1.32. The number of oxazole rings is 1. The van der Waals surface area contributed by atoms with E-state index in [1.165, 1.54) is 11.1 Å². The minimum Gasteiger partial charge on any atom is -0.490 e. The number of nitrogens with one attached hydrogen (secondary N) is 1. The van der Waals surface area contributed by atoms with E-state index in [-0.39, 0.29) is 12.1 Å². The van der Waals surface area contributed by atoms with Crippen LogP contribution in [0.5, 0.6) is 5.75 Å². The van der Waals surface area contributed by atoms with E-state index in [0.29, 0.717) is 30.3 Å². The quantitative estimate of drug-likeness (QED) is 0.708. The van der Waals surface area contributed by atoms with E-state index in [2.05, 4.69) is 36.3 Å². The van der Waals surface area contributed by atoms with Gasteiger partial charge < -0.3 is 19.4 Å². The second-order valence-corrected chi connectivity index (χ2v) is 7.40. The molecule has 1 aliphatic heterocycles. The summed E-state index contributed by atoms with van der Waals surface area (Å²) in [6, 6.07) is 11.6. The zero-order chi connectivity index (χ0) is 19.7. The first-order valence-electron chi connectivity index (χ1n) is 9.65. The number of carbonyl (C=O) groups excluding carboxylic acids is 1. The van der Waals surface area contributed by atoms with Crippen molar-refractivity contribution in [3.63, 3.8) is 0 Å². The van der Waals surface area contributed by atoms with Gasteiger partial charge >= 0.3 is 6.03 Å². The van der Waals surface area contributed by atoms with Crippen LogP contribution in [-0.4, -0.2) is 35.1 Å². The molecule has 3 aromatic rings. The van der Waals surface area contributed by atoms with Gasteiger partial charge in [0.05, 0.1) is 0 Å². The van der Waals surface area contributed by atoms with Gasteiger partial charge in [0.25, 0.3) is 0 Å². The third kappa shape index (κ3) is 3.96. The molecule has 1 N–H and O–H groups in total. The fourth-order valence-corrected chi connectivity index (χ4v) is 3.48. The summed E-state index contributed by atoms with van der Waals surface area (Å²) in [6.45, 7) is 7.34. The number of urea groups is 1. The Morgan fingerprint density at radius 2 is 1.89 bits per heavy atom. The molecule has 1 saturated heterocycles. The Bertz CT molecular complexity index is 1000. The topological polar surface area (TPSA) is 67.6 Å². The van der Waals surface area contributed by atoms with E-state index >= 15 is 0 Å². The van der Waals surface area contributed by atoms with Crippen molar-refractivity contribution in [2.45, 2.75) is 39.7 Å². The Kier molecular flexibility index (Phi) is 4.94. The Hall–Kier alpha value is -3.02. The number of hydrogen-bond acceptors (Lipinski definition) is 4. The highest BCUT2D eigenvalue weighted by Gasteiger charge is 2.24. The summed E-state index contributed by atoms with van der Waals surface area (Å²) in [5, 5.41) is 2.95. The number of aromatic nitrogens is 1. The van der Waals surface area contributed by atoms with Gasteiger partial charge in [-0.1, -0.05) is 6.07 Å². The van der Waals surface area contributed by atoms with Gasteiger partial charge in [0, 0.05) is 44.6 Å². The van der Waals surface area contributed by atoms with E-state index in [1.807, 2.05) is 36.1 Å². The van der Waals surface area contributed by atoms with E-state index in [9.17, 15) is 4.79 Å². The second kappa shape index (κ2) is 7.54. The maximum absolute atomic E-state index is 12.6. The number of nitrogens with zero attached hydrogens (tertiary/aromatic N) is 2. The molecule has 0 spiro atoms. The number of fused-ring (bicyclic) bond motifs is 1. The van der Waals surface area contributed by atoms with Gasteiger partial charge in [-0.15, -0.1) is 0 Å². The molecule has 0 radical (unpaired) electrons. The van der Waals surface area contributed by atoms with E-state index in [1.54, 1.807) is 0 Å². The van der Waals surface area contributed by atoms with Crippen molar-refractivity contribution in [3.05, 3.63) is 53.4 Å². The molecular weight excluding hydrogens is 354 g/mol. The molecule has 1 fully saturated rings. The van der Waals surface area contributed by atoms with Gasteiger partial charge in [0.2, 0.25) is 0 Å². The van der Waals surface area contributed by atoms with Crippen LogP contribution >= 0.6 is 0 Å². The summed E-state index contributed by atoms with van der Waals surface area (Å²) < 4.78 is 11.6. The summed E-state index contributed by atoms with van der Waals surface area (Å²) in [6.07, 6.45) is 1.78. The molecule has 2 heterocycles. The summed E-state index contributed by atoms with van der Waals surface area (Å²) in [5.74, 6) is 1.52. The molecule has 4 rings (SSSR count). The third-order valence-electron chi connectivity index (χ3n) is 5.26. The molecular formula is C22H25N3O3.